The number of benzene rings is 12. The first-order valence-corrected chi connectivity index (χ1v) is 25.1. The lowest BCUT2D eigenvalue weighted by Crippen LogP contribution is -2.28. The van der Waals surface area contributed by atoms with Crippen molar-refractivity contribution in [3.8, 4) is 55.6 Å². The molecule has 12 aromatic carbocycles. The van der Waals surface area contributed by atoms with Crippen LogP contribution in [0.4, 0.5) is 17.1 Å². The van der Waals surface area contributed by atoms with E-state index in [9.17, 15) is 0 Å². The summed E-state index contributed by atoms with van der Waals surface area (Å²) in [5.74, 6) is 0. The van der Waals surface area contributed by atoms with Crippen LogP contribution in [0.3, 0.4) is 0 Å². The van der Waals surface area contributed by atoms with Gasteiger partial charge in [-0.2, -0.15) is 0 Å². The van der Waals surface area contributed by atoms with Gasteiger partial charge in [-0.25, -0.2) is 0 Å². The lowest BCUT2D eigenvalue weighted by molar-refractivity contribution is 0.669. The van der Waals surface area contributed by atoms with Gasteiger partial charge in [-0.3, -0.25) is 0 Å². The van der Waals surface area contributed by atoms with Gasteiger partial charge >= 0.3 is 0 Å². The molecule has 0 fully saturated rings. The standard InChI is InChI=1S/C71H47NO/c1-4-17-48(18-5-1)49-33-35-50(36-34-49)52-37-38-54-46-60(44-41-53(54)45-52)72(58-42-39-51(40-43-58)61-28-16-32-68-70(61)64-26-11-13-31-67(64)73-68)59-24-14-19-55(47-59)62-27-15-30-66-69(62)63-25-10-12-29-65(63)71(66,56-20-6-2-7-21-56)57-22-8-3-9-23-57/h1-47H. The number of anilines is 3. The Kier molecular flexibility index (Phi) is 10.1. The summed E-state index contributed by atoms with van der Waals surface area (Å²) >= 11 is 0. The maximum atomic E-state index is 6.32. The van der Waals surface area contributed by atoms with E-state index >= 15 is 0 Å². The van der Waals surface area contributed by atoms with Gasteiger partial charge in [0.1, 0.15) is 11.2 Å². The number of nitrogens with zero attached hydrogens (tertiary/aromatic N) is 1. The molecular weight excluding hydrogens is 883 g/mol. The van der Waals surface area contributed by atoms with Crippen molar-refractivity contribution in [1.82, 2.24) is 0 Å². The largest absolute Gasteiger partial charge is 0.456 e. The predicted octanol–water partition coefficient (Wildman–Crippen LogP) is 19.2. The van der Waals surface area contributed by atoms with E-state index in [4.69, 9.17) is 4.42 Å². The molecule has 14 rings (SSSR count). The molecule has 0 N–H and O–H groups in total. The first-order chi connectivity index (χ1) is 36.2. The third kappa shape index (κ3) is 7.02. The van der Waals surface area contributed by atoms with Crippen LogP contribution in [0.15, 0.2) is 290 Å². The molecule has 0 saturated carbocycles. The molecular formula is C71H47NO. The van der Waals surface area contributed by atoms with Crippen molar-refractivity contribution in [3.05, 3.63) is 307 Å². The van der Waals surface area contributed by atoms with E-state index in [2.05, 4.69) is 278 Å². The molecule has 2 heteroatoms. The van der Waals surface area contributed by atoms with Crippen LogP contribution in [0, 0.1) is 0 Å². The van der Waals surface area contributed by atoms with Gasteiger partial charge in [-0.05, 0) is 143 Å². The maximum absolute atomic E-state index is 6.32. The zero-order valence-electron chi connectivity index (χ0n) is 40.0. The summed E-state index contributed by atoms with van der Waals surface area (Å²) in [7, 11) is 0. The second-order valence-corrected chi connectivity index (χ2v) is 19.2. The average molecular weight is 930 g/mol. The van der Waals surface area contributed by atoms with Crippen LogP contribution >= 0.6 is 0 Å². The number of rotatable bonds is 9. The highest BCUT2D eigenvalue weighted by Gasteiger charge is 2.46. The van der Waals surface area contributed by atoms with E-state index in [0.29, 0.717) is 0 Å². The molecule has 0 spiro atoms. The summed E-state index contributed by atoms with van der Waals surface area (Å²) in [5, 5.41) is 4.63. The lowest BCUT2D eigenvalue weighted by Gasteiger charge is -2.34. The van der Waals surface area contributed by atoms with E-state index in [-0.39, 0.29) is 0 Å². The topological polar surface area (TPSA) is 16.4 Å². The molecule has 0 amide bonds. The Balaban J connectivity index is 0.906. The first kappa shape index (κ1) is 42.4. The molecule has 73 heavy (non-hydrogen) atoms. The second kappa shape index (κ2) is 17.4. The number of hydrogen-bond donors (Lipinski definition) is 0. The molecule has 1 aromatic heterocycles. The zero-order valence-corrected chi connectivity index (χ0v) is 40.0. The van der Waals surface area contributed by atoms with Crippen molar-refractivity contribution in [2.75, 3.05) is 4.90 Å². The van der Waals surface area contributed by atoms with Crippen LogP contribution in [-0.4, -0.2) is 0 Å². The van der Waals surface area contributed by atoms with E-state index < -0.39 is 5.41 Å². The van der Waals surface area contributed by atoms with Crippen LogP contribution in [0.2, 0.25) is 0 Å². The van der Waals surface area contributed by atoms with Gasteiger partial charge in [0.25, 0.3) is 0 Å². The maximum Gasteiger partial charge on any atom is 0.136 e. The monoisotopic (exact) mass is 929 g/mol. The highest BCUT2D eigenvalue weighted by molar-refractivity contribution is 6.12. The average Bonchev–Trinajstić information content (AvgIpc) is 4.06. The minimum absolute atomic E-state index is 0.487. The molecule has 0 bridgehead atoms. The van der Waals surface area contributed by atoms with Crippen LogP contribution in [-0.2, 0) is 5.41 Å². The van der Waals surface area contributed by atoms with Crippen LogP contribution < -0.4 is 4.90 Å². The predicted molar refractivity (Wildman–Crippen MR) is 305 cm³/mol. The number of fused-ring (bicyclic) bond motifs is 7. The fourth-order valence-electron chi connectivity index (χ4n) is 11.8. The van der Waals surface area contributed by atoms with E-state index in [1.54, 1.807) is 0 Å². The van der Waals surface area contributed by atoms with Crippen LogP contribution in [0.25, 0.3) is 88.3 Å². The highest BCUT2D eigenvalue weighted by atomic mass is 16.3. The molecule has 1 aliphatic rings. The van der Waals surface area contributed by atoms with Crippen molar-refractivity contribution in [2.45, 2.75) is 5.41 Å². The van der Waals surface area contributed by atoms with Crippen molar-refractivity contribution >= 4 is 49.8 Å². The van der Waals surface area contributed by atoms with Crippen LogP contribution in [0.5, 0.6) is 0 Å². The Hall–Kier alpha value is -9.50. The Bertz CT molecular complexity index is 4130. The minimum Gasteiger partial charge on any atom is -0.456 e. The van der Waals surface area contributed by atoms with Gasteiger partial charge in [0.15, 0.2) is 0 Å². The molecule has 0 unspecified atom stereocenters. The molecule has 0 saturated heterocycles. The number of furan rings is 1. The fraction of sp³-hybridized carbons (Fsp3) is 0.0141. The summed E-state index contributed by atoms with van der Waals surface area (Å²) < 4.78 is 6.32. The summed E-state index contributed by atoms with van der Waals surface area (Å²) in [6.45, 7) is 0. The smallest absolute Gasteiger partial charge is 0.136 e. The van der Waals surface area contributed by atoms with Gasteiger partial charge in [-0.1, -0.05) is 231 Å². The van der Waals surface area contributed by atoms with Gasteiger partial charge in [0.05, 0.1) is 5.41 Å². The van der Waals surface area contributed by atoms with Gasteiger partial charge in [-0.15, -0.1) is 0 Å². The normalized spacial score (nSPS) is 12.5. The van der Waals surface area contributed by atoms with Gasteiger partial charge in [0.2, 0.25) is 0 Å². The quantitative estimate of drug-likeness (QED) is 0.143. The Labute approximate surface area is 425 Å². The van der Waals surface area contributed by atoms with Crippen molar-refractivity contribution in [1.29, 1.82) is 0 Å². The first-order valence-electron chi connectivity index (χ1n) is 25.1. The SMILES string of the molecule is c1ccc(-c2ccc(-c3ccc4cc(N(c5ccc(-c6cccc7oc8ccccc8c67)cc5)c5cccc(-c6cccc7c6-c6ccccc6C7(c6ccccc6)c6ccccc6)c5)ccc4c3)cc2)cc1. The van der Waals surface area contributed by atoms with E-state index in [1.165, 1.54) is 72.0 Å². The fourth-order valence-corrected chi connectivity index (χ4v) is 11.8. The lowest BCUT2D eigenvalue weighted by atomic mass is 9.67. The van der Waals surface area contributed by atoms with E-state index in [0.717, 1.165) is 55.7 Å². The summed E-state index contributed by atoms with van der Waals surface area (Å²) in [6.07, 6.45) is 0. The third-order valence-corrected chi connectivity index (χ3v) is 15.1. The van der Waals surface area contributed by atoms with Crippen LogP contribution in [0.1, 0.15) is 22.3 Å². The third-order valence-electron chi connectivity index (χ3n) is 15.1. The van der Waals surface area contributed by atoms with Gasteiger partial charge in [0, 0.05) is 27.8 Å². The molecule has 0 aliphatic heterocycles. The Morgan fingerprint density at radius 3 is 1.58 bits per heavy atom. The number of hydrogen-bond acceptors (Lipinski definition) is 2. The van der Waals surface area contributed by atoms with Crippen molar-refractivity contribution < 1.29 is 4.42 Å². The molecule has 0 atom stereocenters. The molecule has 0 radical (unpaired) electrons. The summed E-state index contributed by atoms with van der Waals surface area (Å²) in [4.78, 5) is 2.41. The Morgan fingerprint density at radius 1 is 0.288 bits per heavy atom. The number of para-hydroxylation sites is 1. The molecule has 1 aliphatic carbocycles. The second-order valence-electron chi connectivity index (χ2n) is 19.2. The molecule has 342 valence electrons. The summed E-state index contributed by atoms with van der Waals surface area (Å²) in [5.41, 5.74) is 21.7. The highest BCUT2D eigenvalue weighted by Crippen LogP contribution is 2.58. The van der Waals surface area contributed by atoms with Crippen molar-refractivity contribution in [3.63, 3.8) is 0 Å². The summed E-state index contributed by atoms with van der Waals surface area (Å²) in [6, 6.07) is 104. The molecule has 13 aromatic rings. The van der Waals surface area contributed by atoms with Gasteiger partial charge < -0.3 is 9.32 Å². The zero-order chi connectivity index (χ0) is 48.3. The molecule has 1 heterocycles. The Morgan fingerprint density at radius 2 is 0.795 bits per heavy atom. The van der Waals surface area contributed by atoms with Crippen molar-refractivity contribution in [2.24, 2.45) is 0 Å². The molecule has 2 nitrogen and oxygen atoms in total. The van der Waals surface area contributed by atoms with E-state index in [1.807, 2.05) is 12.1 Å². The minimum atomic E-state index is -0.487.